The maximum absolute atomic E-state index is 11.7. The van der Waals surface area contributed by atoms with Gasteiger partial charge in [0.05, 0.1) is 6.20 Å². The number of carbonyl (C=O) groups excluding carboxylic acids is 1. The van der Waals surface area contributed by atoms with Gasteiger partial charge in [0.15, 0.2) is 0 Å². The molecule has 0 saturated heterocycles. The molecule has 3 rings (SSSR count). The zero-order valence-electron chi connectivity index (χ0n) is 12.6. The summed E-state index contributed by atoms with van der Waals surface area (Å²) in [5, 5.41) is 12.4. The molecule has 0 aliphatic rings. The van der Waals surface area contributed by atoms with Crippen molar-refractivity contribution in [1.82, 2.24) is 25.4 Å². The highest BCUT2D eigenvalue weighted by Gasteiger charge is 2.08. The van der Waals surface area contributed by atoms with Gasteiger partial charge in [-0.05, 0) is 12.1 Å². The van der Waals surface area contributed by atoms with Crippen LogP contribution in [0.1, 0.15) is 10.6 Å². The molecule has 122 valence electrons. The molecule has 0 bridgehead atoms. The second kappa shape index (κ2) is 7.68. The quantitative estimate of drug-likeness (QED) is 0.559. The summed E-state index contributed by atoms with van der Waals surface area (Å²) in [7, 11) is 0. The first-order valence-electron chi connectivity index (χ1n) is 7.24. The maximum atomic E-state index is 11.7. The Bertz CT molecular complexity index is 778. The van der Waals surface area contributed by atoms with E-state index in [1.807, 2.05) is 18.2 Å². The van der Waals surface area contributed by atoms with Crippen LogP contribution in [-0.4, -0.2) is 39.1 Å². The minimum atomic E-state index is -0.311. The number of hydrogen-bond donors (Lipinski definition) is 3. The van der Waals surface area contributed by atoms with Gasteiger partial charge in [-0.1, -0.05) is 11.2 Å². The largest absolute Gasteiger partial charge is 0.368 e. The smallest absolute Gasteiger partial charge is 0.289 e. The van der Waals surface area contributed by atoms with E-state index >= 15 is 0 Å². The zero-order valence-corrected chi connectivity index (χ0v) is 12.6. The first-order valence-corrected chi connectivity index (χ1v) is 7.24. The van der Waals surface area contributed by atoms with E-state index in [0.29, 0.717) is 30.5 Å². The van der Waals surface area contributed by atoms with Gasteiger partial charge >= 0.3 is 0 Å². The number of hydrogen-bond acceptors (Lipinski definition) is 8. The topological polar surface area (TPSA) is 118 Å². The molecule has 1 amide bonds. The van der Waals surface area contributed by atoms with Crippen LogP contribution in [0.2, 0.25) is 0 Å². The molecule has 3 heterocycles. The Hall–Kier alpha value is -3.49. The van der Waals surface area contributed by atoms with Crippen molar-refractivity contribution in [3.8, 4) is 0 Å². The summed E-state index contributed by atoms with van der Waals surface area (Å²) in [6, 6.07) is 8.82. The van der Waals surface area contributed by atoms with Crippen LogP contribution in [0.3, 0.4) is 0 Å². The minimum Gasteiger partial charge on any atom is -0.368 e. The summed E-state index contributed by atoms with van der Waals surface area (Å²) in [6.45, 7) is 0.909. The van der Waals surface area contributed by atoms with Crippen molar-refractivity contribution in [2.45, 2.75) is 0 Å². The SMILES string of the molecule is O=C(NCCNc1cc(Nc2ccccn2)ncn1)c1ccno1. The summed E-state index contributed by atoms with van der Waals surface area (Å²) in [5.41, 5.74) is 0. The molecule has 3 aromatic rings. The number of nitrogens with one attached hydrogen (secondary N) is 3. The second-order valence-corrected chi connectivity index (χ2v) is 4.69. The highest BCUT2D eigenvalue weighted by Crippen LogP contribution is 2.13. The van der Waals surface area contributed by atoms with Gasteiger partial charge in [-0.25, -0.2) is 15.0 Å². The van der Waals surface area contributed by atoms with Crippen molar-refractivity contribution in [2.24, 2.45) is 0 Å². The summed E-state index contributed by atoms with van der Waals surface area (Å²) in [4.78, 5) is 24.1. The van der Waals surface area contributed by atoms with Crippen molar-refractivity contribution in [1.29, 1.82) is 0 Å². The summed E-state index contributed by atoms with van der Waals surface area (Å²) < 4.78 is 4.77. The minimum absolute atomic E-state index is 0.180. The molecule has 9 heteroatoms. The monoisotopic (exact) mass is 325 g/mol. The van der Waals surface area contributed by atoms with E-state index in [-0.39, 0.29) is 11.7 Å². The molecule has 24 heavy (non-hydrogen) atoms. The molecule has 3 N–H and O–H groups in total. The van der Waals surface area contributed by atoms with E-state index in [1.54, 1.807) is 12.3 Å². The molecule has 0 atom stereocenters. The van der Waals surface area contributed by atoms with Crippen molar-refractivity contribution in [2.75, 3.05) is 23.7 Å². The molecule has 0 radical (unpaired) electrons. The fraction of sp³-hybridized carbons (Fsp3) is 0.133. The Morgan fingerprint density at radius 1 is 1.00 bits per heavy atom. The normalized spacial score (nSPS) is 10.2. The summed E-state index contributed by atoms with van der Waals surface area (Å²) >= 11 is 0. The lowest BCUT2D eigenvalue weighted by molar-refractivity contribution is 0.0918. The van der Waals surface area contributed by atoms with Crippen LogP contribution in [0, 0.1) is 0 Å². The van der Waals surface area contributed by atoms with Gasteiger partial charge in [0.25, 0.3) is 5.91 Å². The third-order valence-electron chi connectivity index (χ3n) is 2.97. The lowest BCUT2D eigenvalue weighted by Crippen LogP contribution is -2.28. The van der Waals surface area contributed by atoms with Crippen LogP contribution in [0.4, 0.5) is 17.5 Å². The standard InChI is InChI=1S/C15H15N7O2/c23-15(11-4-6-21-24-11)18-8-7-17-13-9-14(20-10-19-13)22-12-3-1-2-5-16-12/h1-6,9-10H,7-8H2,(H,18,23)(H2,16,17,19,20,22). The van der Waals surface area contributed by atoms with Crippen LogP contribution in [-0.2, 0) is 0 Å². The van der Waals surface area contributed by atoms with Crippen LogP contribution in [0.15, 0.2) is 53.6 Å². The second-order valence-electron chi connectivity index (χ2n) is 4.69. The van der Waals surface area contributed by atoms with E-state index in [4.69, 9.17) is 4.52 Å². The van der Waals surface area contributed by atoms with Crippen molar-refractivity contribution in [3.63, 3.8) is 0 Å². The molecule has 0 aliphatic carbocycles. The fourth-order valence-corrected chi connectivity index (χ4v) is 1.88. The van der Waals surface area contributed by atoms with Crippen LogP contribution >= 0.6 is 0 Å². The number of aromatic nitrogens is 4. The van der Waals surface area contributed by atoms with E-state index < -0.39 is 0 Å². The number of pyridine rings is 1. The predicted octanol–water partition coefficient (Wildman–Crippen LogP) is 1.45. The Kier molecular flexibility index (Phi) is 4.93. The average Bonchev–Trinajstić information content (AvgIpc) is 3.15. The number of carbonyl (C=O) groups is 1. The van der Waals surface area contributed by atoms with Crippen molar-refractivity contribution < 1.29 is 9.32 Å². The lowest BCUT2D eigenvalue weighted by atomic mass is 10.4. The van der Waals surface area contributed by atoms with Gasteiger partial charge in [0, 0.05) is 31.4 Å². The highest BCUT2D eigenvalue weighted by molar-refractivity contribution is 5.91. The Morgan fingerprint density at radius 2 is 1.92 bits per heavy atom. The summed E-state index contributed by atoms with van der Waals surface area (Å²) in [5.74, 6) is 1.82. The van der Waals surface area contributed by atoms with E-state index in [0.717, 1.165) is 0 Å². The van der Waals surface area contributed by atoms with Gasteiger partial charge in [-0.15, -0.1) is 0 Å². The Labute approximate surface area is 137 Å². The third kappa shape index (κ3) is 4.26. The van der Waals surface area contributed by atoms with Crippen molar-refractivity contribution in [3.05, 3.63) is 54.8 Å². The molecule has 0 fully saturated rings. The predicted molar refractivity (Wildman–Crippen MR) is 86.9 cm³/mol. The molecule has 0 saturated carbocycles. The van der Waals surface area contributed by atoms with E-state index in [1.165, 1.54) is 18.6 Å². The van der Waals surface area contributed by atoms with Crippen LogP contribution in [0.5, 0.6) is 0 Å². The number of rotatable bonds is 7. The van der Waals surface area contributed by atoms with Crippen LogP contribution < -0.4 is 16.0 Å². The maximum Gasteiger partial charge on any atom is 0.289 e. The van der Waals surface area contributed by atoms with E-state index in [2.05, 4.69) is 36.1 Å². The average molecular weight is 325 g/mol. The van der Waals surface area contributed by atoms with Crippen molar-refractivity contribution >= 4 is 23.4 Å². The van der Waals surface area contributed by atoms with Gasteiger partial charge in [0.2, 0.25) is 5.76 Å². The first kappa shape index (κ1) is 15.4. The molecule has 0 aliphatic heterocycles. The number of amides is 1. The lowest BCUT2D eigenvalue weighted by Gasteiger charge is -2.08. The van der Waals surface area contributed by atoms with Gasteiger partial charge in [0.1, 0.15) is 23.8 Å². The Balaban J connectivity index is 1.47. The molecule has 0 aromatic carbocycles. The number of anilines is 3. The molecular formula is C15H15N7O2. The fourth-order valence-electron chi connectivity index (χ4n) is 1.88. The first-order chi connectivity index (χ1) is 11.8. The third-order valence-corrected chi connectivity index (χ3v) is 2.97. The molecule has 0 unspecified atom stereocenters. The Morgan fingerprint density at radius 3 is 2.71 bits per heavy atom. The highest BCUT2D eigenvalue weighted by atomic mass is 16.5. The zero-order chi connectivity index (χ0) is 16.6. The van der Waals surface area contributed by atoms with Crippen LogP contribution in [0.25, 0.3) is 0 Å². The number of nitrogens with zero attached hydrogens (tertiary/aromatic N) is 4. The summed E-state index contributed by atoms with van der Waals surface area (Å²) in [6.07, 6.45) is 4.56. The van der Waals surface area contributed by atoms with E-state index in [9.17, 15) is 4.79 Å². The molecule has 0 spiro atoms. The van der Waals surface area contributed by atoms with Gasteiger partial charge in [-0.2, -0.15) is 0 Å². The molecular weight excluding hydrogens is 310 g/mol. The van der Waals surface area contributed by atoms with Gasteiger partial charge in [-0.3, -0.25) is 4.79 Å². The molecule has 9 nitrogen and oxygen atoms in total. The van der Waals surface area contributed by atoms with Gasteiger partial charge < -0.3 is 20.5 Å². The molecule has 3 aromatic heterocycles.